The third kappa shape index (κ3) is 3.78. The molecule has 0 aliphatic heterocycles. The van der Waals surface area contributed by atoms with Gasteiger partial charge in [-0.1, -0.05) is 0 Å². The van der Waals surface area contributed by atoms with E-state index in [0.717, 1.165) is 29.7 Å². The van der Waals surface area contributed by atoms with Crippen LogP contribution in [-0.4, -0.2) is 19.0 Å². The lowest BCUT2D eigenvalue weighted by Gasteiger charge is -2.25. The molecule has 0 radical (unpaired) electrons. The molecule has 0 aliphatic rings. The quantitative estimate of drug-likeness (QED) is 0.462. The van der Waals surface area contributed by atoms with E-state index < -0.39 is 5.63 Å². The fourth-order valence-electron chi connectivity index (χ4n) is 3.28. The molecule has 0 unspecified atom stereocenters. The fourth-order valence-corrected chi connectivity index (χ4v) is 3.28. The van der Waals surface area contributed by atoms with E-state index in [4.69, 9.17) is 15.9 Å². The highest BCUT2D eigenvalue weighted by Crippen LogP contribution is 2.33. The van der Waals surface area contributed by atoms with Crippen LogP contribution in [0.1, 0.15) is 29.8 Å². The third-order valence-electron chi connectivity index (χ3n) is 4.66. The maximum atomic E-state index is 12.8. The van der Waals surface area contributed by atoms with Crippen LogP contribution in [0.25, 0.3) is 11.0 Å². The average molecular weight is 380 g/mol. The van der Waals surface area contributed by atoms with E-state index in [-0.39, 0.29) is 5.91 Å². The lowest BCUT2D eigenvalue weighted by molar-refractivity contribution is 0.102. The maximum absolute atomic E-state index is 12.8. The van der Waals surface area contributed by atoms with Crippen molar-refractivity contribution < 1.29 is 9.21 Å². The van der Waals surface area contributed by atoms with Gasteiger partial charge in [-0.05, 0) is 50.6 Å². The van der Waals surface area contributed by atoms with Crippen LogP contribution < -0.4 is 27.3 Å². The summed E-state index contributed by atoms with van der Waals surface area (Å²) in [6, 6.07) is 9.81. The first-order valence-corrected chi connectivity index (χ1v) is 9.13. The average Bonchev–Trinajstić information content (AvgIpc) is 2.62. The molecule has 5 N–H and O–H groups in total. The van der Waals surface area contributed by atoms with Crippen LogP contribution in [-0.2, 0) is 0 Å². The Hall–Kier alpha value is -3.48. The summed E-state index contributed by atoms with van der Waals surface area (Å²) in [5, 5.41) is 3.71. The minimum Gasteiger partial charge on any atom is -0.423 e. The first-order valence-electron chi connectivity index (χ1n) is 9.13. The molecule has 0 atom stereocenters. The SMILES string of the molecule is CCN(CC)c1cc2oc(=O)cc(C)c2cc1NC(=O)c1cc(N)cc(N)c1. The smallest absolute Gasteiger partial charge is 0.336 e. The molecule has 1 amide bonds. The second-order valence-electron chi connectivity index (χ2n) is 6.63. The molecule has 1 aromatic heterocycles. The molecule has 1 heterocycles. The number of rotatable bonds is 5. The summed E-state index contributed by atoms with van der Waals surface area (Å²) in [5.74, 6) is -0.318. The number of carbonyl (C=O) groups is 1. The molecule has 3 aromatic rings. The molecule has 0 saturated carbocycles. The van der Waals surface area contributed by atoms with Crippen molar-refractivity contribution in [3.63, 3.8) is 0 Å². The zero-order valence-corrected chi connectivity index (χ0v) is 16.2. The number of carbonyl (C=O) groups excluding carboxylic acids is 1. The molecule has 7 nitrogen and oxygen atoms in total. The number of amides is 1. The highest BCUT2D eigenvalue weighted by molar-refractivity contribution is 6.08. The van der Waals surface area contributed by atoms with Gasteiger partial charge >= 0.3 is 5.63 Å². The van der Waals surface area contributed by atoms with Gasteiger partial charge in [0.25, 0.3) is 5.91 Å². The van der Waals surface area contributed by atoms with Crippen molar-refractivity contribution in [3.05, 3.63) is 57.9 Å². The molecule has 28 heavy (non-hydrogen) atoms. The van der Waals surface area contributed by atoms with Crippen LogP contribution in [0, 0.1) is 6.92 Å². The minimum atomic E-state index is -0.400. The maximum Gasteiger partial charge on any atom is 0.336 e. The summed E-state index contributed by atoms with van der Waals surface area (Å²) >= 11 is 0. The van der Waals surface area contributed by atoms with E-state index in [1.807, 2.05) is 26.8 Å². The zero-order chi connectivity index (χ0) is 20.4. The largest absolute Gasteiger partial charge is 0.423 e. The van der Waals surface area contributed by atoms with E-state index in [2.05, 4.69) is 10.2 Å². The third-order valence-corrected chi connectivity index (χ3v) is 4.66. The Morgan fingerprint density at radius 2 is 1.68 bits per heavy atom. The molecule has 0 bridgehead atoms. The van der Waals surface area contributed by atoms with Gasteiger partial charge in [-0.3, -0.25) is 4.79 Å². The van der Waals surface area contributed by atoms with Gasteiger partial charge in [0.15, 0.2) is 0 Å². The van der Waals surface area contributed by atoms with Crippen LogP contribution >= 0.6 is 0 Å². The number of hydrogen-bond acceptors (Lipinski definition) is 6. The van der Waals surface area contributed by atoms with Crippen LogP contribution in [0.4, 0.5) is 22.7 Å². The Morgan fingerprint density at radius 3 is 2.29 bits per heavy atom. The molecular formula is C21H24N4O3. The van der Waals surface area contributed by atoms with E-state index in [1.165, 1.54) is 6.07 Å². The van der Waals surface area contributed by atoms with Crippen molar-refractivity contribution >= 4 is 39.6 Å². The summed E-state index contributed by atoms with van der Waals surface area (Å²) in [7, 11) is 0. The van der Waals surface area contributed by atoms with E-state index >= 15 is 0 Å². The van der Waals surface area contributed by atoms with Crippen molar-refractivity contribution in [2.24, 2.45) is 0 Å². The van der Waals surface area contributed by atoms with Crippen molar-refractivity contribution in [1.82, 2.24) is 0 Å². The number of nitrogens with zero attached hydrogens (tertiary/aromatic N) is 1. The summed E-state index contributed by atoms with van der Waals surface area (Å²) in [6.07, 6.45) is 0. The molecule has 0 aliphatic carbocycles. The lowest BCUT2D eigenvalue weighted by atomic mass is 10.1. The summed E-state index contributed by atoms with van der Waals surface area (Å²) in [5.41, 5.74) is 15.1. The highest BCUT2D eigenvalue weighted by atomic mass is 16.4. The predicted octanol–water partition coefficient (Wildman–Crippen LogP) is 3.36. The Labute approximate surface area is 162 Å². The Bertz CT molecular complexity index is 1080. The van der Waals surface area contributed by atoms with Crippen LogP contribution in [0.5, 0.6) is 0 Å². The number of anilines is 4. The number of nitrogens with one attached hydrogen (secondary N) is 1. The van der Waals surface area contributed by atoms with Gasteiger partial charge in [-0.2, -0.15) is 0 Å². The highest BCUT2D eigenvalue weighted by Gasteiger charge is 2.16. The van der Waals surface area contributed by atoms with E-state index in [0.29, 0.717) is 28.2 Å². The zero-order valence-electron chi connectivity index (χ0n) is 16.2. The van der Waals surface area contributed by atoms with Crippen LogP contribution in [0.15, 0.2) is 45.6 Å². The molecule has 3 rings (SSSR count). The number of benzene rings is 2. The number of nitrogen functional groups attached to an aromatic ring is 2. The van der Waals surface area contributed by atoms with Gasteiger partial charge < -0.3 is 26.1 Å². The summed E-state index contributed by atoms with van der Waals surface area (Å²) in [4.78, 5) is 26.7. The lowest BCUT2D eigenvalue weighted by Crippen LogP contribution is -2.24. The summed E-state index contributed by atoms with van der Waals surface area (Å²) < 4.78 is 5.37. The number of hydrogen-bond donors (Lipinski definition) is 3. The molecule has 0 fully saturated rings. The van der Waals surface area contributed by atoms with E-state index in [1.54, 1.807) is 24.3 Å². The van der Waals surface area contributed by atoms with Crippen LogP contribution in [0.2, 0.25) is 0 Å². The van der Waals surface area contributed by atoms with Crippen molar-refractivity contribution in [2.75, 3.05) is 34.8 Å². The van der Waals surface area contributed by atoms with Gasteiger partial charge in [-0.15, -0.1) is 0 Å². The number of nitrogens with two attached hydrogens (primary N) is 2. The molecule has 2 aromatic carbocycles. The first-order chi connectivity index (χ1) is 13.3. The van der Waals surface area contributed by atoms with Gasteiger partial charge in [0.1, 0.15) is 5.58 Å². The number of fused-ring (bicyclic) bond motifs is 1. The van der Waals surface area contributed by atoms with Gasteiger partial charge in [0.05, 0.1) is 11.4 Å². The molecule has 0 saturated heterocycles. The van der Waals surface area contributed by atoms with Crippen LogP contribution in [0.3, 0.4) is 0 Å². The molecule has 146 valence electrons. The van der Waals surface area contributed by atoms with Gasteiger partial charge in [0, 0.05) is 47.5 Å². The second kappa shape index (κ2) is 7.64. The standard InChI is InChI=1S/C21H24N4O3/c1-4-25(5-2)18-11-19-16(12(3)6-20(26)28-19)10-17(18)24-21(27)13-7-14(22)9-15(23)8-13/h6-11H,4-5,22-23H2,1-3H3,(H,24,27). The van der Waals surface area contributed by atoms with Gasteiger partial charge in [-0.25, -0.2) is 4.79 Å². The molecule has 7 heteroatoms. The topological polar surface area (TPSA) is 115 Å². The summed E-state index contributed by atoms with van der Waals surface area (Å²) in [6.45, 7) is 7.33. The van der Waals surface area contributed by atoms with E-state index in [9.17, 15) is 9.59 Å². The normalized spacial score (nSPS) is 10.8. The minimum absolute atomic E-state index is 0.318. The number of aryl methyl sites for hydroxylation is 1. The molecule has 0 spiro atoms. The Morgan fingerprint density at radius 1 is 1.04 bits per heavy atom. The van der Waals surface area contributed by atoms with Crippen molar-refractivity contribution in [1.29, 1.82) is 0 Å². The Balaban J connectivity index is 2.13. The second-order valence-corrected chi connectivity index (χ2v) is 6.63. The fraction of sp³-hybridized carbons (Fsp3) is 0.238. The van der Waals surface area contributed by atoms with Gasteiger partial charge in [0.2, 0.25) is 0 Å². The first kappa shape index (κ1) is 19.3. The van der Waals surface area contributed by atoms with Crippen molar-refractivity contribution in [2.45, 2.75) is 20.8 Å². The monoisotopic (exact) mass is 380 g/mol. The Kier molecular flexibility index (Phi) is 5.26. The molecular weight excluding hydrogens is 356 g/mol. The predicted molar refractivity (Wildman–Crippen MR) is 114 cm³/mol. The van der Waals surface area contributed by atoms with Crippen molar-refractivity contribution in [3.8, 4) is 0 Å².